The predicted octanol–water partition coefficient (Wildman–Crippen LogP) is 1.60. The Hall–Kier alpha value is -0.760. The van der Waals surface area contributed by atoms with Crippen LogP contribution >= 0.6 is 8.69 Å². The molecule has 0 spiro atoms. The van der Waals surface area contributed by atoms with E-state index in [2.05, 4.69) is 4.52 Å². The highest BCUT2D eigenvalue weighted by molar-refractivity contribution is 7.17. The van der Waals surface area contributed by atoms with Crippen molar-refractivity contribution in [2.24, 2.45) is 5.73 Å². The lowest BCUT2D eigenvalue weighted by molar-refractivity contribution is 0.238. The number of hydrogen-bond acceptors (Lipinski definition) is 3. The number of nitrogens with two attached hydrogens (primary N) is 1. The Bertz CT molecular complexity index is 227. The van der Waals surface area contributed by atoms with E-state index < -0.39 is 14.9 Å². The van der Waals surface area contributed by atoms with Crippen LogP contribution in [0, 0.1) is 0 Å². The zero-order valence-electron chi connectivity index (χ0n) is 5.86. The van der Waals surface area contributed by atoms with E-state index in [1.807, 2.05) is 30.3 Å². The average Bonchev–Trinajstić information content (AvgIpc) is 2.07. The molecule has 0 bridgehead atoms. The fourth-order valence-corrected chi connectivity index (χ4v) is 1.00. The average molecular weight is 170 g/mol. The SMILES string of the molecule is NC(O[PH+]=O)c1ccccc1. The predicted molar refractivity (Wildman–Crippen MR) is 43.5 cm³/mol. The summed E-state index contributed by atoms with van der Waals surface area (Å²) in [5, 5.41) is 0. The van der Waals surface area contributed by atoms with Gasteiger partial charge in [-0.05, 0) is 4.57 Å². The van der Waals surface area contributed by atoms with Crippen LogP contribution < -0.4 is 5.73 Å². The molecule has 2 N–H and O–H groups in total. The number of rotatable bonds is 3. The van der Waals surface area contributed by atoms with Crippen LogP contribution in [0.3, 0.4) is 0 Å². The molecular weight excluding hydrogens is 161 g/mol. The fraction of sp³-hybridized carbons (Fsp3) is 0.143. The Labute approximate surface area is 66.5 Å². The van der Waals surface area contributed by atoms with Crippen molar-refractivity contribution in [3.63, 3.8) is 0 Å². The molecule has 0 aliphatic heterocycles. The zero-order chi connectivity index (χ0) is 8.10. The maximum absolute atomic E-state index is 10.0. The van der Waals surface area contributed by atoms with E-state index >= 15 is 0 Å². The minimum atomic E-state index is -0.811. The molecule has 1 rings (SSSR count). The summed E-state index contributed by atoms with van der Waals surface area (Å²) in [7, 11) is -0.811. The summed E-state index contributed by atoms with van der Waals surface area (Å²) >= 11 is 0. The van der Waals surface area contributed by atoms with E-state index in [0.29, 0.717) is 0 Å². The summed E-state index contributed by atoms with van der Waals surface area (Å²) in [6.45, 7) is 0. The van der Waals surface area contributed by atoms with Gasteiger partial charge < -0.3 is 0 Å². The van der Waals surface area contributed by atoms with Gasteiger partial charge in [0.1, 0.15) is 0 Å². The lowest BCUT2D eigenvalue weighted by Gasteiger charge is -2.01. The molecule has 1 aromatic carbocycles. The highest BCUT2D eigenvalue weighted by atomic mass is 31.1. The second kappa shape index (κ2) is 4.19. The van der Waals surface area contributed by atoms with Crippen LogP contribution in [-0.4, -0.2) is 0 Å². The van der Waals surface area contributed by atoms with Crippen LogP contribution in [0.25, 0.3) is 0 Å². The fourth-order valence-electron chi connectivity index (χ4n) is 0.763. The summed E-state index contributed by atoms with van der Waals surface area (Å²) in [6, 6.07) is 9.24. The standard InChI is InChI=1S/C7H9NO2P/c8-7(10-11-9)6-4-2-1-3-5-6/h1-5,7,11H,8H2/q+1. The topological polar surface area (TPSA) is 52.3 Å². The first kappa shape index (κ1) is 8.34. The maximum atomic E-state index is 10.0. The Balaban J connectivity index is 2.68. The minimum absolute atomic E-state index is 0.577. The highest BCUT2D eigenvalue weighted by Gasteiger charge is 2.08. The molecule has 1 aromatic rings. The van der Waals surface area contributed by atoms with Crippen molar-refractivity contribution in [3.8, 4) is 0 Å². The second-order valence-electron chi connectivity index (χ2n) is 2.03. The highest BCUT2D eigenvalue weighted by Crippen LogP contribution is 2.15. The van der Waals surface area contributed by atoms with Crippen molar-refractivity contribution in [2.45, 2.75) is 6.23 Å². The number of hydrogen-bond donors (Lipinski definition) is 1. The van der Waals surface area contributed by atoms with Crippen LogP contribution in [0.2, 0.25) is 0 Å². The van der Waals surface area contributed by atoms with Crippen LogP contribution in [-0.2, 0) is 9.09 Å². The van der Waals surface area contributed by atoms with Crippen molar-refractivity contribution in [1.29, 1.82) is 0 Å². The van der Waals surface area contributed by atoms with Gasteiger partial charge in [-0.2, -0.15) is 0 Å². The van der Waals surface area contributed by atoms with Crippen LogP contribution in [0.1, 0.15) is 11.8 Å². The molecule has 58 valence electrons. The van der Waals surface area contributed by atoms with Crippen molar-refractivity contribution in [1.82, 2.24) is 0 Å². The van der Waals surface area contributed by atoms with Crippen LogP contribution in [0.15, 0.2) is 30.3 Å². The van der Waals surface area contributed by atoms with E-state index in [-0.39, 0.29) is 0 Å². The van der Waals surface area contributed by atoms with Crippen molar-refractivity contribution >= 4 is 8.69 Å². The summed E-state index contributed by atoms with van der Waals surface area (Å²) in [5.74, 6) is 0. The van der Waals surface area contributed by atoms with Crippen molar-refractivity contribution in [3.05, 3.63) is 35.9 Å². The first-order chi connectivity index (χ1) is 5.34. The van der Waals surface area contributed by atoms with Gasteiger partial charge >= 0.3 is 8.69 Å². The Morgan fingerprint density at radius 3 is 2.55 bits per heavy atom. The smallest absolute Gasteiger partial charge is 0.298 e. The van der Waals surface area contributed by atoms with Gasteiger partial charge in [-0.15, -0.1) is 4.52 Å². The van der Waals surface area contributed by atoms with E-state index in [9.17, 15) is 4.57 Å². The van der Waals surface area contributed by atoms with Crippen molar-refractivity contribution < 1.29 is 9.09 Å². The molecule has 0 aliphatic carbocycles. The molecule has 0 saturated carbocycles. The molecule has 0 amide bonds. The molecule has 0 aromatic heterocycles. The molecule has 3 nitrogen and oxygen atoms in total. The third-order valence-electron chi connectivity index (χ3n) is 1.30. The Kier molecular flexibility index (Phi) is 3.17. The van der Waals surface area contributed by atoms with Gasteiger partial charge in [-0.25, -0.2) is 0 Å². The van der Waals surface area contributed by atoms with Crippen LogP contribution in [0.4, 0.5) is 0 Å². The number of benzene rings is 1. The second-order valence-corrected chi connectivity index (χ2v) is 2.43. The van der Waals surface area contributed by atoms with Gasteiger partial charge in [-0.1, -0.05) is 30.3 Å². The van der Waals surface area contributed by atoms with Crippen molar-refractivity contribution in [2.75, 3.05) is 0 Å². The van der Waals surface area contributed by atoms with Gasteiger partial charge in [0, 0.05) is 5.56 Å². The van der Waals surface area contributed by atoms with Crippen LogP contribution in [0.5, 0.6) is 0 Å². The first-order valence-corrected chi connectivity index (χ1v) is 3.99. The van der Waals surface area contributed by atoms with Gasteiger partial charge in [0.2, 0.25) is 0 Å². The van der Waals surface area contributed by atoms with E-state index in [1.54, 1.807) is 0 Å². The van der Waals surface area contributed by atoms with Gasteiger partial charge in [0.15, 0.2) is 6.23 Å². The molecule has 0 saturated heterocycles. The quantitative estimate of drug-likeness (QED) is 0.553. The molecule has 11 heavy (non-hydrogen) atoms. The Morgan fingerprint density at radius 1 is 1.36 bits per heavy atom. The third kappa shape index (κ3) is 2.39. The van der Waals surface area contributed by atoms with Gasteiger partial charge in [0.25, 0.3) is 0 Å². The molecular formula is C7H9NO2P+. The largest absolute Gasteiger partial charge is 0.496 e. The molecule has 4 heteroatoms. The normalized spacial score (nSPS) is 13.2. The molecule has 0 radical (unpaired) electrons. The van der Waals surface area contributed by atoms with Gasteiger partial charge in [0.05, 0.1) is 0 Å². The molecule has 2 atom stereocenters. The Morgan fingerprint density at radius 2 is 2.00 bits per heavy atom. The van der Waals surface area contributed by atoms with Gasteiger partial charge in [-0.3, -0.25) is 5.73 Å². The van der Waals surface area contributed by atoms with E-state index in [0.717, 1.165) is 5.56 Å². The molecule has 0 heterocycles. The monoisotopic (exact) mass is 170 g/mol. The third-order valence-corrected chi connectivity index (χ3v) is 1.65. The molecule has 0 fully saturated rings. The summed E-state index contributed by atoms with van der Waals surface area (Å²) in [6.07, 6.45) is -0.577. The lowest BCUT2D eigenvalue weighted by Crippen LogP contribution is -2.09. The van der Waals surface area contributed by atoms with E-state index in [1.165, 1.54) is 0 Å². The zero-order valence-corrected chi connectivity index (χ0v) is 6.86. The summed E-state index contributed by atoms with van der Waals surface area (Å²) in [4.78, 5) is 0. The summed E-state index contributed by atoms with van der Waals surface area (Å²) in [5.41, 5.74) is 6.32. The van der Waals surface area contributed by atoms with E-state index in [4.69, 9.17) is 5.73 Å². The lowest BCUT2D eigenvalue weighted by atomic mass is 10.2. The summed E-state index contributed by atoms with van der Waals surface area (Å²) < 4.78 is 14.7. The first-order valence-electron chi connectivity index (χ1n) is 3.18. The maximum Gasteiger partial charge on any atom is 0.496 e. The molecule has 0 aliphatic rings. The molecule has 2 unspecified atom stereocenters. The minimum Gasteiger partial charge on any atom is -0.298 e.